The van der Waals surface area contributed by atoms with Gasteiger partial charge in [-0.15, -0.1) is 0 Å². The van der Waals surface area contributed by atoms with Gasteiger partial charge in [0.1, 0.15) is 0 Å². The van der Waals surface area contributed by atoms with Crippen molar-refractivity contribution in [3.63, 3.8) is 0 Å². The van der Waals surface area contributed by atoms with Crippen LogP contribution < -0.4 is 9.44 Å². The second-order valence-electron chi connectivity index (χ2n) is 5.51. The van der Waals surface area contributed by atoms with Gasteiger partial charge in [0.05, 0.1) is 5.92 Å². The van der Waals surface area contributed by atoms with Gasteiger partial charge < -0.3 is 5.11 Å². The van der Waals surface area contributed by atoms with Gasteiger partial charge >= 0.3 is 5.97 Å². The van der Waals surface area contributed by atoms with E-state index in [0.717, 1.165) is 0 Å². The van der Waals surface area contributed by atoms with Gasteiger partial charge in [0.2, 0.25) is 0 Å². The second kappa shape index (κ2) is 5.14. The predicted octanol–water partition coefficient (Wildman–Crippen LogP) is 0.566. The largest absolute Gasteiger partial charge is 0.481 e. The molecule has 0 saturated heterocycles. The van der Waals surface area contributed by atoms with E-state index in [1.54, 1.807) is 0 Å². The number of rotatable bonds is 4. The molecule has 106 valence electrons. The molecule has 1 saturated carbocycles. The predicted molar refractivity (Wildman–Crippen MR) is 68.2 cm³/mol. The Morgan fingerprint density at radius 1 is 1.33 bits per heavy atom. The third-order valence-corrected chi connectivity index (χ3v) is 5.47. The third-order valence-electron chi connectivity index (χ3n) is 4.31. The van der Waals surface area contributed by atoms with Gasteiger partial charge in [-0.3, -0.25) is 4.79 Å². The lowest BCUT2D eigenvalue weighted by Gasteiger charge is -2.46. The van der Waals surface area contributed by atoms with E-state index in [1.165, 1.54) is 7.05 Å². The van der Waals surface area contributed by atoms with Gasteiger partial charge in [-0.1, -0.05) is 20.8 Å². The first kappa shape index (κ1) is 15.4. The standard InChI is InChI=1S/C11H22N2O4S/c1-7-9(13-18(16,17)12-4)6-5-8(10(14)15)11(7,2)3/h7-9,12-13H,5-6H2,1-4H3,(H,14,15). The Morgan fingerprint density at radius 2 is 1.89 bits per heavy atom. The Morgan fingerprint density at radius 3 is 2.33 bits per heavy atom. The van der Waals surface area contributed by atoms with Gasteiger partial charge in [0, 0.05) is 13.1 Å². The van der Waals surface area contributed by atoms with E-state index in [4.69, 9.17) is 0 Å². The second-order valence-corrected chi connectivity index (χ2v) is 7.16. The van der Waals surface area contributed by atoms with Crippen LogP contribution in [0.5, 0.6) is 0 Å². The highest BCUT2D eigenvalue weighted by molar-refractivity contribution is 7.87. The summed E-state index contributed by atoms with van der Waals surface area (Å²) < 4.78 is 27.8. The number of hydrogen-bond acceptors (Lipinski definition) is 3. The van der Waals surface area contributed by atoms with Gasteiger partial charge in [-0.2, -0.15) is 13.1 Å². The summed E-state index contributed by atoms with van der Waals surface area (Å²) in [5, 5.41) is 9.21. The van der Waals surface area contributed by atoms with Crippen molar-refractivity contribution in [2.45, 2.75) is 39.7 Å². The molecule has 0 aromatic heterocycles. The highest BCUT2D eigenvalue weighted by Gasteiger charge is 2.46. The minimum Gasteiger partial charge on any atom is -0.481 e. The van der Waals surface area contributed by atoms with Crippen molar-refractivity contribution in [1.29, 1.82) is 0 Å². The number of carboxylic acids is 1. The van der Waals surface area contributed by atoms with Crippen molar-refractivity contribution >= 4 is 16.2 Å². The lowest BCUT2D eigenvalue weighted by Crippen LogP contribution is -2.53. The maximum atomic E-state index is 11.5. The highest BCUT2D eigenvalue weighted by atomic mass is 32.2. The summed E-state index contributed by atoms with van der Waals surface area (Å²) in [7, 11) is -2.14. The van der Waals surface area contributed by atoms with Crippen LogP contribution in [0.2, 0.25) is 0 Å². The zero-order valence-corrected chi connectivity index (χ0v) is 12.0. The molecule has 0 aromatic carbocycles. The lowest BCUT2D eigenvalue weighted by atomic mass is 9.61. The van der Waals surface area contributed by atoms with Crippen LogP contribution >= 0.6 is 0 Å². The molecule has 1 fully saturated rings. The molecule has 3 N–H and O–H groups in total. The molecule has 6 nitrogen and oxygen atoms in total. The molecular weight excluding hydrogens is 256 g/mol. The van der Waals surface area contributed by atoms with E-state index >= 15 is 0 Å². The number of carbonyl (C=O) groups is 1. The van der Waals surface area contributed by atoms with Crippen LogP contribution in [0, 0.1) is 17.3 Å². The molecule has 1 aliphatic rings. The molecule has 0 amide bonds. The molecule has 1 rings (SSSR count). The first-order valence-electron chi connectivity index (χ1n) is 6.05. The van der Waals surface area contributed by atoms with Crippen LogP contribution in [0.4, 0.5) is 0 Å². The Bertz CT molecular complexity index is 419. The first-order chi connectivity index (χ1) is 8.12. The first-order valence-corrected chi connectivity index (χ1v) is 7.53. The molecule has 1 aliphatic carbocycles. The van der Waals surface area contributed by atoms with Crippen LogP contribution in [-0.2, 0) is 15.0 Å². The van der Waals surface area contributed by atoms with Crippen LogP contribution in [0.3, 0.4) is 0 Å². The molecule has 3 atom stereocenters. The number of hydrogen-bond donors (Lipinski definition) is 3. The van der Waals surface area contributed by atoms with E-state index in [0.29, 0.717) is 12.8 Å². The van der Waals surface area contributed by atoms with Gasteiger partial charge in [0.15, 0.2) is 0 Å². The fraction of sp³-hybridized carbons (Fsp3) is 0.909. The fourth-order valence-electron chi connectivity index (χ4n) is 2.67. The van der Waals surface area contributed by atoms with Gasteiger partial charge in [-0.25, -0.2) is 4.72 Å². The lowest BCUT2D eigenvalue weighted by molar-refractivity contribution is -0.150. The van der Waals surface area contributed by atoms with Crippen LogP contribution in [0.15, 0.2) is 0 Å². The Balaban J connectivity index is 2.88. The smallest absolute Gasteiger partial charge is 0.307 e. The van der Waals surface area contributed by atoms with Crippen molar-refractivity contribution in [3.05, 3.63) is 0 Å². The summed E-state index contributed by atoms with van der Waals surface area (Å²) in [5.41, 5.74) is -0.439. The van der Waals surface area contributed by atoms with E-state index in [2.05, 4.69) is 9.44 Å². The Hall–Kier alpha value is -0.660. The molecule has 7 heteroatoms. The Kier molecular flexibility index (Phi) is 4.40. The van der Waals surface area contributed by atoms with Crippen molar-refractivity contribution in [3.8, 4) is 0 Å². The van der Waals surface area contributed by atoms with E-state index in [1.807, 2.05) is 20.8 Å². The summed E-state index contributed by atoms with van der Waals surface area (Å²) >= 11 is 0. The SMILES string of the molecule is CNS(=O)(=O)NC1CCC(C(=O)O)C(C)(C)C1C. The van der Waals surface area contributed by atoms with Crippen molar-refractivity contribution < 1.29 is 18.3 Å². The van der Waals surface area contributed by atoms with Gasteiger partial charge in [0.25, 0.3) is 10.2 Å². The number of nitrogens with one attached hydrogen (secondary N) is 2. The van der Waals surface area contributed by atoms with E-state index < -0.39 is 27.5 Å². The van der Waals surface area contributed by atoms with Crippen LogP contribution in [-0.4, -0.2) is 32.6 Å². The van der Waals surface area contributed by atoms with Crippen molar-refractivity contribution in [2.75, 3.05) is 7.05 Å². The zero-order valence-electron chi connectivity index (χ0n) is 11.2. The number of aliphatic carboxylic acids is 1. The minimum atomic E-state index is -3.49. The molecule has 0 aromatic rings. The van der Waals surface area contributed by atoms with Crippen LogP contribution in [0.25, 0.3) is 0 Å². The third kappa shape index (κ3) is 3.02. The van der Waals surface area contributed by atoms with Crippen LogP contribution in [0.1, 0.15) is 33.6 Å². The Labute approximate surface area is 108 Å². The van der Waals surface area contributed by atoms with Crippen molar-refractivity contribution in [1.82, 2.24) is 9.44 Å². The average Bonchev–Trinajstić information content (AvgIpc) is 2.24. The minimum absolute atomic E-state index is 0.0459. The maximum absolute atomic E-state index is 11.5. The zero-order chi connectivity index (χ0) is 14.1. The maximum Gasteiger partial charge on any atom is 0.307 e. The molecule has 0 radical (unpaired) electrons. The molecule has 0 heterocycles. The summed E-state index contributed by atoms with van der Waals surface area (Å²) in [4.78, 5) is 11.2. The van der Waals surface area contributed by atoms with E-state index in [9.17, 15) is 18.3 Å². The quantitative estimate of drug-likeness (QED) is 0.700. The summed E-state index contributed by atoms with van der Waals surface area (Å²) in [6.45, 7) is 5.67. The summed E-state index contributed by atoms with van der Waals surface area (Å²) in [6.07, 6.45) is 1.03. The number of carboxylic acid groups (broad SMARTS) is 1. The average molecular weight is 278 g/mol. The topological polar surface area (TPSA) is 95.5 Å². The summed E-state index contributed by atoms with van der Waals surface area (Å²) in [6, 6.07) is -0.229. The van der Waals surface area contributed by atoms with Crippen molar-refractivity contribution in [2.24, 2.45) is 17.3 Å². The molecule has 0 spiro atoms. The molecule has 3 unspecified atom stereocenters. The van der Waals surface area contributed by atoms with Gasteiger partial charge in [-0.05, 0) is 24.2 Å². The molecular formula is C11H22N2O4S. The van der Waals surface area contributed by atoms with E-state index in [-0.39, 0.29) is 12.0 Å². The molecule has 18 heavy (non-hydrogen) atoms. The monoisotopic (exact) mass is 278 g/mol. The molecule has 0 bridgehead atoms. The normalized spacial score (nSPS) is 32.1. The molecule has 0 aliphatic heterocycles. The fourth-order valence-corrected chi connectivity index (χ4v) is 3.50. The summed E-state index contributed by atoms with van der Waals surface area (Å²) in [5.74, 6) is -1.28. The highest BCUT2D eigenvalue weighted by Crippen LogP contribution is 2.45.